The van der Waals surface area contributed by atoms with Crippen LogP contribution in [0.1, 0.15) is 5.56 Å². The number of aryl methyl sites for hydroxylation is 1. The van der Waals surface area contributed by atoms with Crippen molar-refractivity contribution in [1.29, 1.82) is 0 Å². The van der Waals surface area contributed by atoms with Gasteiger partial charge in [0.1, 0.15) is 5.82 Å². The lowest BCUT2D eigenvalue weighted by atomic mass is 10.2. The molecule has 0 aliphatic rings. The van der Waals surface area contributed by atoms with Gasteiger partial charge in [0, 0.05) is 10.7 Å². The number of hydrogen-bond donors (Lipinski definition) is 2. The van der Waals surface area contributed by atoms with Crippen LogP contribution in [0.15, 0.2) is 71.8 Å². The number of rotatable bonds is 5. The van der Waals surface area contributed by atoms with Crippen molar-refractivity contribution in [2.24, 2.45) is 0 Å². The van der Waals surface area contributed by atoms with Crippen LogP contribution in [0.2, 0.25) is 5.02 Å². The monoisotopic (exact) mass is 373 g/mol. The molecule has 0 atom stereocenters. The Hall–Kier alpha value is -2.57. The van der Waals surface area contributed by atoms with Crippen LogP contribution < -0.4 is 10.0 Å². The Morgan fingerprint density at radius 2 is 1.76 bits per heavy atom. The zero-order chi connectivity index (χ0) is 17.9. The maximum Gasteiger partial charge on any atom is 0.261 e. The van der Waals surface area contributed by atoms with Crippen molar-refractivity contribution >= 4 is 38.8 Å². The molecule has 0 fully saturated rings. The summed E-state index contributed by atoms with van der Waals surface area (Å²) in [6, 6.07) is 17.1. The second-order valence-electron chi connectivity index (χ2n) is 5.43. The van der Waals surface area contributed by atoms with Gasteiger partial charge in [0.25, 0.3) is 10.0 Å². The zero-order valence-corrected chi connectivity index (χ0v) is 15.0. The van der Waals surface area contributed by atoms with Crippen molar-refractivity contribution in [2.45, 2.75) is 11.8 Å². The molecule has 5 nitrogen and oxygen atoms in total. The fraction of sp³-hybridized carbons (Fsp3) is 0.0556. The van der Waals surface area contributed by atoms with Crippen molar-refractivity contribution < 1.29 is 8.42 Å². The first-order chi connectivity index (χ1) is 11.9. The van der Waals surface area contributed by atoms with Crippen molar-refractivity contribution in [3.63, 3.8) is 0 Å². The largest absolute Gasteiger partial charge is 0.340 e. The maximum atomic E-state index is 12.3. The average Bonchev–Trinajstić information content (AvgIpc) is 2.60. The highest BCUT2D eigenvalue weighted by Gasteiger charge is 2.13. The lowest BCUT2D eigenvalue weighted by Crippen LogP contribution is -2.13. The second-order valence-corrected chi connectivity index (χ2v) is 7.55. The van der Waals surface area contributed by atoms with E-state index in [-0.39, 0.29) is 4.90 Å². The van der Waals surface area contributed by atoms with Gasteiger partial charge in [0.15, 0.2) is 0 Å². The Balaban J connectivity index is 1.75. The molecule has 128 valence electrons. The highest BCUT2D eigenvalue weighted by Crippen LogP contribution is 2.24. The van der Waals surface area contributed by atoms with Crippen LogP contribution in [0.4, 0.5) is 17.2 Å². The van der Waals surface area contributed by atoms with Gasteiger partial charge in [-0.15, -0.1) is 0 Å². The summed E-state index contributed by atoms with van der Waals surface area (Å²) in [7, 11) is -3.63. The van der Waals surface area contributed by atoms with Gasteiger partial charge in [0.2, 0.25) is 0 Å². The number of aromatic nitrogens is 1. The van der Waals surface area contributed by atoms with E-state index >= 15 is 0 Å². The third-order valence-corrected chi connectivity index (χ3v) is 5.16. The first-order valence-corrected chi connectivity index (χ1v) is 9.37. The van der Waals surface area contributed by atoms with E-state index < -0.39 is 10.0 Å². The quantitative estimate of drug-likeness (QED) is 0.686. The predicted octanol–water partition coefficient (Wildman–Crippen LogP) is 4.59. The molecular formula is C18H16ClN3O2S. The molecule has 1 aromatic heterocycles. The summed E-state index contributed by atoms with van der Waals surface area (Å²) in [6.45, 7) is 1.96. The first-order valence-electron chi connectivity index (χ1n) is 7.51. The van der Waals surface area contributed by atoms with Gasteiger partial charge in [-0.3, -0.25) is 4.72 Å². The zero-order valence-electron chi connectivity index (χ0n) is 13.4. The topological polar surface area (TPSA) is 71.1 Å². The van der Waals surface area contributed by atoms with Gasteiger partial charge in [-0.2, -0.15) is 0 Å². The lowest BCUT2D eigenvalue weighted by molar-refractivity contribution is 0.601. The Morgan fingerprint density at radius 1 is 1.00 bits per heavy atom. The molecule has 0 bridgehead atoms. The van der Waals surface area contributed by atoms with Crippen LogP contribution in [-0.4, -0.2) is 13.4 Å². The molecule has 3 rings (SSSR count). The Kier molecular flexibility index (Phi) is 4.92. The second kappa shape index (κ2) is 7.13. The fourth-order valence-corrected chi connectivity index (χ4v) is 3.45. The number of anilines is 3. The normalized spacial score (nSPS) is 11.1. The summed E-state index contributed by atoms with van der Waals surface area (Å²) in [5.74, 6) is 0.591. The minimum atomic E-state index is -3.63. The summed E-state index contributed by atoms with van der Waals surface area (Å²) in [5, 5.41) is 3.79. The van der Waals surface area contributed by atoms with E-state index in [1.807, 2.05) is 25.1 Å². The molecule has 7 heteroatoms. The summed E-state index contributed by atoms with van der Waals surface area (Å²) in [5.41, 5.74) is 2.26. The van der Waals surface area contributed by atoms with E-state index in [1.54, 1.807) is 30.3 Å². The molecule has 0 amide bonds. The number of benzene rings is 2. The predicted molar refractivity (Wildman–Crippen MR) is 101 cm³/mol. The number of hydrogen-bond acceptors (Lipinski definition) is 4. The Labute approximate surface area is 151 Å². The summed E-state index contributed by atoms with van der Waals surface area (Å²) in [4.78, 5) is 4.44. The highest BCUT2D eigenvalue weighted by atomic mass is 35.5. The summed E-state index contributed by atoms with van der Waals surface area (Å²) in [6.07, 6.45) is 1.46. The molecule has 0 saturated carbocycles. The van der Waals surface area contributed by atoms with Gasteiger partial charge in [0.05, 0.1) is 16.8 Å². The SMILES string of the molecule is Cc1ccc(Cl)cc1Nc1ccc(NS(=O)(=O)c2ccccc2)cn1. The smallest absolute Gasteiger partial charge is 0.261 e. The standard InChI is InChI=1S/C18H16ClN3O2S/c1-13-7-8-14(19)11-17(13)21-18-10-9-15(12-20-18)22-25(23,24)16-5-3-2-4-6-16/h2-12,22H,1H3,(H,20,21). The van der Waals surface area contributed by atoms with E-state index in [4.69, 9.17) is 11.6 Å². The first kappa shape index (κ1) is 17.3. The number of halogens is 1. The van der Waals surface area contributed by atoms with Gasteiger partial charge in [-0.05, 0) is 48.9 Å². The number of nitrogens with one attached hydrogen (secondary N) is 2. The molecule has 0 unspecified atom stereocenters. The molecule has 1 heterocycles. The van der Waals surface area contributed by atoms with Crippen LogP contribution >= 0.6 is 11.6 Å². The summed E-state index contributed by atoms with van der Waals surface area (Å²) >= 11 is 6.00. The molecule has 0 radical (unpaired) electrons. The van der Waals surface area contributed by atoms with Crippen LogP contribution in [0.25, 0.3) is 0 Å². The molecule has 0 spiro atoms. The lowest BCUT2D eigenvalue weighted by Gasteiger charge is -2.11. The maximum absolute atomic E-state index is 12.3. The molecule has 3 aromatic rings. The van der Waals surface area contributed by atoms with Crippen LogP contribution in [0, 0.1) is 6.92 Å². The van der Waals surface area contributed by atoms with E-state index in [1.165, 1.54) is 18.3 Å². The number of sulfonamides is 1. The van der Waals surface area contributed by atoms with E-state index in [2.05, 4.69) is 15.0 Å². The molecule has 0 saturated heterocycles. The molecule has 2 N–H and O–H groups in total. The third kappa shape index (κ3) is 4.29. The van der Waals surface area contributed by atoms with Gasteiger partial charge >= 0.3 is 0 Å². The molecular weight excluding hydrogens is 358 g/mol. The van der Waals surface area contributed by atoms with Crippen molar-refractivity contribution in [1.82, 2.24) is 4.98 Å². The highest BCUT2D eigenvalue weighted by molar-refractivity contribution is 7.92. The van der Waals surface area contributed by atoms with Gasteiger partial charge in [-0.25, -0.2) is 13.4 Å². The number of pyridine rings is 1. The van der Waals surface area contributed by atoms with E-state index in [0.29, 0.717) is 16.5 Å². The minimum Gasteiger partial charge on any atom is -0.340 e. The molecule has 25 heavy (non-hydrogen) atoms. The summed E-state index contributed by atoms with van der Waals surface area (Å²) < 4.78 is 27.1. The van der Waals surface area contributed by atoms with Crippen LogP contribution in [-0.2, 0) is 10.0 Å². The van der Waals surface area contributed by atoms with E-state index in [9.17, 15) is 8.42 Å². The molecule has 0 aliphatic carbocycles. The van der Waals surface area contributed by atoms with Gasteiger partial charge in [-0.1, -0.05) is 35.9 Å². The minimum absolute atomic E-state index is 0.201. The number of nitrogens with zero attached hydrogens (tertiary/aromatic N) is 1. The molecule has 0 aliphatic heterocycles. The van der Waals surface area contributed by atoms with Crippen molar-refractivity contribution in [3.8, 4) is 0 Å². The molecule has 2 aromatic carbocycles. The van der Waals surface area contributed by atoms with Crippen molar-refractivity contribution in [2.75, 3.05) is 10.0 Å². The van der Waals surface area contributed by atoms with Crippen LogP contribution in [0.5, 0.6) is 0 Å². The fourth-order valence-electron chi connectivity index (χ4n) is 2.21. The third-order valence-electron chi connectivity index (χ3n) is 3.53. The van der Waals surface area contributed by atoms with E-state index in [0.717, 1.165) is 11.3 Å². The van der Waals surface area contributed by atoms with Crippen molar-refractivity contribution in [3.05, 3.63) is 77.4 Å². The van der Waals surface area contributed by atoms with Crippen LogP contribution in [0.3, 0.4) is 0 Å². The Morgan fingerprint density at radius 3 is 2.44 bits per heavy atom. The van der Waals surface area contributed by atoms with Gasteiger partial charge < -0.3 is 5.32 Å². The Bertz CT molecular complexity index is 975. The average molecular weight is 374 g/mol.